The van der Waals surface area contributed by atoms with Gasteiger partial charge in [-0.1, -0.05) is 32.0 Å². The largest absolute Gasteiger partial charge is 0.497 e. The zero-order valence-corrected chi connectivity index (χ0v) is 20.9. The van der Waals surface area contributed by atoms with Gasteiger partial charge < -0.3 is 15.0 Å². The summed E-state index contributed by atoms with van der Waals surface area (Å²) in [7, 11) is -2.36. The predicted molar refractivity (Wildman–Crippen MR) is 129 cm³/mol. The molecule has 0 bridgehead atoms. The molecule has 0 radical (unpaired) electrons. The van der Waals surface area contributed by atoms with Gasteiger partial charge in [0.25, 0.3) is 0 Å². The third kappa shape index (κ3) is 7.44. The highest BCUT2D eigenvalue weighted by atomic mass is 32.2. The second-order valence-electron chi connectivity index (χ2n) is 8.40. The molecule has 1 atom stereocenters. The molecular weight excluding hydrogens is 461 g/mol. The standard InChI is InChI=1S/C24H32FN3O5S/c1-17(2)14-26-24(30)18(3)27(15-19-8-6-7-9-22(19)25)23(29)16-28(34(5,31)32)20-10-12-21(33-4)13-11-20/h6-13,17-18H,14-16H2,1-5H3,(H,26,30)/t18-/m1/s1. The molecule has 0 aliphatic carbocycles. The van der Waals surface area contributed by atoms with Gasteiger partial charge in [0, 0.05) is 18.7 Å². The number of carbonyl (C=O) groups is 2. The first-order valence-corrected chi connectivity index (χ1v) is 12.7. The molecule has 0 heterocycles. The quantitative estimate of drug-likeness (QED) is 0.519. The smallest absolute Gasteiger partial charge is 0.244 e. The summed E-state index contributed by atoms with van der Waals surface area (Å²) in [5, 5.41) is 2.77. The summed E-state index contributed by atoms with van der Waals surface area (Å²) in [5.74, 6) is -0.849. The van der Waals surface area contributed by atoms with Gasteiger partial charge in [0.05, 0.1) is 19.1 Å². The topological polar surface area (TPSA) is 96.0 Å². The Kier molecular flexibility index (Phi) is 9.43. The fraction of sp³-hybridized carbons (Fsp3) is 0.417. The molecule has 2 amide bonds. The Labute approximate surface area is 200 Å². The number of hydrogen-bond donors (Lipinski definition) is 1. The van der Waals surface area contributed by atoms with Gasteiger partial charge >= 0.3 is 0 Å². The van der Waals surface area contributed by atoms with Crippen LogP contribution in [0, 0.1) is 11.7 Å². The summed E-state index contributed by atoms with van der Waals surface area (Å²) in [6, 6.07) is 11.2. The first-order valence-electron chi connectivity index (χ1n) is 10.9. The SMILES string of the molecule is COc1ccc(N(CC(=O)N(Cc2ccccc2F)[C@H](C)C(=O)NCC(C)C)S(C)(=O)=O)cc1. The van der Waals surface area contributed by atoms with Crippen molar-refractivity contribution in [3.05, 3.63) is 59.9 Å². The van der Waals surface area contributed by atoms with Crippen LogP contribution in [-0.4, -0.2) is 57.6 Å². The minimum absolute atomic E-state index is 0.192. The molecule has 0 aromatic heterocycles. The van der Waals surface area contributed by atoms with E-state index in [1.54, 1.807) is 18.2 Å². The van der Waals surface area contributed by atoms with E-state index in [-0.39, 0.29) is 23.7 Å². The lowest BCUT2D eigenvalue weighted by molar-refractivity contribution is -0.139. The molecule has 0 unspecified atom stereocenters. The van der Waals surface area contributed by atoms with E-state index < -0.39 is 40.2 Å². The summed E-state index contributed by atoms with van der Waals surface area (Å²) >= 11 is 0. The molecule has 2 rings (SSSR count). The first-order chi connectivity index (χ1) is 15.9. The molecule has 0 fully saturated rings. The number of methoxy groups -OCH3 is 1. The van der Waals surface area contributed by atoms with Gasteiger partial charge in [-0.15, -0.1) is 0 Å². The lowest BCUT2D eigenvalue weighted by Crippen LogP contribution is -2.51. The molecule has 0 aliphatic rings. The van der Waals surface area contributed by atoms with Crippen LogP contribution >= 0.6 is 0 Å². The van der Waals surface area contributed by atoms with Crippen LogP contribution in [0.3, 0.4) is 0 Å². The van der Waals surface area contributed by atoms with Gasteiger partial charge in [0.15, 0.2) is 0 Å². The average Bonchev–Trinajstić information content (AvgIpc) is 2.79. The maximum Gasteiger partial charge on any atom is 0.244 e. The zero-order valence-electron chi connectivity index (χ0n) is 20.1. The minimum Gasteiger partial charge on any atom is -0.497 e. The van der Waals surface area contributed by atoms with E-state index in [0.717, 1.165) is 10.6 Å². The van der Waals surface area contributed by atoms with E-state index in [1.165, 1.54) is 49.3 Å². The van der Waals surface area contributed by atoms with Crippen molar-refractivity contribution in [2.75, 3.05) is 30.8 Å². The number of halogens is 1. The first kappa shape index (κ1) is 27.1. The predicted octanol–water partition coefficient (Wildman–Crippen LogP) is 2.79. The number of benzene rings is 2. The van der Waals surface area contributed by atoms with Gasteiger partial charge in [-0.2, -0.15) is 0 Å². The summed E-state index contributed by atoms with van der Waals surface area (Å²) < 4.78 is 45.5. The van der Waals surface area contributed by atoms with Crippen molar-refractivity contribution in [2.24, 2.45) is 5.92 Å². The van der Waals surface area contributed by atoms with Crippen molar-refractivity contribution < 1.29 is 27.1 Å². The minimum atomic E-state index is -3.84. The van der Waals surface area contributed by atoms with Crippen LogP contribution in [0.25, 0.3) is 0 Å². The Balaban J connectivity index is 2.37. The summed E-state index contributed by atoms with van der Waals surface area (Å²) in [4.78, 5) is 27.3. The second-order valence-corrected chi connectivity index (χ2v) is 10.3. The molecule has 10 heteroatoms. The van der Waals surface area contributed by atoms with Crippen LogP contribution in [-0.2, 0) is 26.2 Å². The third-order valence-corrected chi connectivity index (χ3v) is 6.33. The Morgan fingerprint density at radius 2 is 1.68 bits per heavy atom. The van der Waals surface area contributed by atoms with Gasteiger partial charge in [-0.25, -0.2) is 12.8 Å². The van der Waals surface area contributed by atoms with E-state index in [4.69, 9.17) is 4.74 Å². The third-order valence-electron chi connectivity index (χ3n) is 5.19. The molecule has 186 valence electrons. The highest BCUT2D eigenvalue weighted by Gasteiger charge is 2.30. The molecule has 0 saturated carbocycles. The van der Waals surface area contributed by atoms with Crippen LogP contribution in [0.15, 0.2) is 48.5 Å². The molecule has 0 saturated heterocycles. The Hall–Kier alpha value is -3.14. The number of rotatable bonds is 11. The maximum absolute atomic E-state index is 14.4. The Morgan fingerprint density at radius 1 is 1.06 bits per heavy atom. The van der Waals surface area contributed by atoms with E-state index in [2.05, 4.69) is 5.32 Å². The van der Waals surface area contributed by atoms with Gasteiger partial charge in [-0.05, 0) is 43.2 Å². The van der Waals surface area contributed by atoms with E-state index in [1.807, 2.05) is 13.8 Å². The summed E-state index contributed by atoms with van der Waals surface area (Å²) in [6.45, 7) is 5.07. The number of sulfonamides is 1. The normalized spacial score (nSPS) is 12.2. The summed E-state index contributed by atoms with van der Waals surface area (Å²) in [6.07, 6.45) is 0.991. The molecule has 0 spiro atoms. The van der Waals surface area contributed by atoms with E-state index in [0.29, 0.717) is 12.3 Å². The lowest BCUT2D eigenvalue weighted by Gasteiger charge is -2.31. The number of nitrogens with one attached hydrogen (secondary N) is 1. The fourth-order valence-corrected chi connectivity index (χ4v) is 4.06. The van der Waals surface area contributed by atoms with Gasteiger partial charge in [-0.3, -0.25) is 13.9 Å². The molecular formula is C24H32FN3O5S. The maximum atomic E-state index is 14.4. The number of anilines is 1. The lowest BCUT2D eigenvalue weighted by atomic mass is 10.1. The molecule has 1 N–H and O–H groups in total. The highest BCUT2D eigenvalue weighted by molar-refractivity contribution is 7.92. The van der Waals surface area contributed by atoms with E-state index >= 15 is 0 Å². The fourth-order valence-electron chi connectivity index (χ4n) is 3.21. The van der Waals surface area contributed by atoms with E-state index in [9.17, 15) is 22.4 Å². The van der Waals surface area contributed by atoms with Crippen LogP contribution in [0.4, 0.5) is 10.1 Å². The molecule has 34 heavy (non-hydrogen) atoms. The number of nitrogens with zero attached hydrogens (tertiary/aromatic N) is 2. The number of ether oxygens (including phenoxy) is 1. The summed E-state index contributed by atoms with van der Waals surface area (Å²) in [5.41, 5.74) is 0.481. The Bertz CT molecular complexity index is 1090. The van der Waals surface area contributed by atoms with Crippen molar-refractivity contribution in [1.29, 1.82) is 0 Å². The highest BCUT2D eigenvalue weighted by Crippen LogP contribution is 2.22. The van der Waals surface area contributed by atoms with Gasteiger partial charge in [0.1, 0.15) is 24.2 Å². The number of amides is 2. The zero-order chi connectivity index (χ0) is 25.5. The van der Waals surface area contributed by atoms with Gasteiger partial charge in [0.2, 0.25) is 21.8 Å². The van der Waals surface area contributed by atoms with Crippen molar-refractivity contribution in [3.8, 4) is 5.75 Å². The number of carbonyl (C=O) groups excluding carboxylic acids is 2. The van der Waals surface area contributed by atoms with Crippen LogP contribution in [0.1, 0.15) is 26.3 Å². The van der Waals surface area contributed by atoms with Crippen molar-refractivity contribution in [3.63, 3.8) is 0 Å². The molecule has 2 aromatic carbocycles. The molecule has 8 nitrogen and oxygen atoms in total. The van der Waals surface area contributed by atoms with Crippen LogP contribution in [0.5, 0.6) is 5.75 Å². The van der Waals surface area contributed by atoms with Crippen molar-refractivity contribution >= 4 is 27.5 Å². The second kappa shape index (κ2) is 11.8. The molecule has 2 aromatic rings. The molecule has 0 aliphatic heterocycles. The number of hydrogen-bond acceptors (Lipinski definition) is 5. The van der Waals surface area contributed by atoms with Crippen molar-refractivity contribution in [2.45, 2.75) is 33.4 Å². The monoisotopic (exact) mass is 493 g/mol. The average molecular weight is 494 g/mol. The van der Waals surface area contributed by atoms with Crippen LogP contribution in [0.2, 0.25) is 0 Å². The van der Waals surface area contributed by atoms with Crippen LogP contribution < -0.4 is 14.4 Å². The van der Waals surface area contributed by atoms with Crippen molar-refractivity contribution in [1.82, 2.24) is 10.2 Å². The Morgan fingerprint density at radius 3 is 2.21 bits per heavy atom.